The van der Waals surface area contributed by atoms with Crippen molar-refractivity contribution in [2.45, 2.75) is 113 Å². The van der Waals surface area contributed by atoms with Crippen molar-refractivity contribution < 1.29 is 4.74 Å². The van der Waals surface area contributed by atoms with E-state index >= 15 is 0 Å². The Morgan fingerprint density at radius 2 is 0.909 bits per heavy atom. The lowest BCUT2D eigenvalue weighted by Crippen LogP contribution is -2.55. The van der Waals surface area contributed by atoms with Crippen LogP contribution >= 0.6 is 0 Å². The Morgan fingerprint density at radius 1 is 0.591 bits per heavy atom. The van der Waals surface area contributed by atoms with E-state index in [9.17, 15) is 0 Å². The van der Waals surface area contributed by atoms with E-state index in [1.807, 2.05) is 7.11 Å². The first-order valence-electron chi connectivity index (χ1n) is 10.4. The van der Waals surface area contributed by atoms with Crippen molar-refractivity contribution in [3.63, 3.8) is 0 Å². The summed E-state index contributed by atoms with van der Waals surface area (Å²) in [5.41, 5.74) is 3.31. The summed E-state index contributed by atoms with van der Waals surface area (Å²) in [5, 5.41) is 0. The zero-order valence-electron chi connectivity index (χ0n) is 15.0. The standard InChI is InChI=1S/C20H38OSi/c1-21-17-22(18-11-5-2-6-12-18,19-13-7-3-8-14-19)20-15-9-4-10-16-20/h18-20H,2-17H2,1H3. The lowest BCUT2D eigenvalue weighted by Gasteiger charge is -2.53. The summed E-state index contributed by atoms with van der Waals surface area (Å²) in [4.78, 5) is 0. The smallest absolute Gasteiger partial charge is 0.0928 e. The summed E-state index contributed by atoms with van der Waals surface area (Å²) in [7, 11) is 0.695. The van der Waals surface area contributed by atoms with Crippen molar-refractivity contribution in [3.8, 4) is 0 Å². The van der Waals surface area contributed by atoms with Crippen LogP contribution in [-0.2, 0) is 4.74 Å². The van der Waals surface area contributed by atoms with Crippen LogP contribution in [0.5, 0.6) is 0 Å². The molecule has 0 aliphatic heterocycles. The van der Waals surface area contributed by atoms with Gasteiger partial charge in [0.05, 0.1) is 8.07 Å². The molecule has 0 spiro atoms. The molecule has 3 aliphatic carbocycles. The van der Waals surface area contributed by atoms with Gasteiger partial charge in [0, 0.05) is 13.3 Å². The second kappa shape index (κ2) is 8.33. The highest BCUT2D eigenvalue weighted by atomic mass is 28.3. The van der Waals surface area contributed by atoms with Crippen molar-refractivity contribution in [1.29, 1.82) is 0 Å². The summed E-state index contributed by atoms with van der Waals surface area (Å²) in [6.07, 6.45) is 24.2. The highest BCUT2D eigenvalue weighted by molar-refractivity contribution is 6.84. The van der Waals surface area contributed by atoms with Crippen LogP contribution in [0.1, 0.15) is 96.3 Å². The number of rotatable bonds is 5. The molecular formula is C20H38OSi. The zero-order chi connectivity index (χ0) is 15.3. The lowest BCUT2D eigenvalue weighted by molar-refractivity contribution is 0.231. The highest BCUT2D eigenvalue weighted by Gasteiger charge is 2.52. The molecule has 0 atom stereocenters. The average molecular weight is 323 g/mol. The first-order valence-corrected chi connectivity index (χ1v) is 12.8. The van der Waals surface area contributed by atoms with E-state index in [-0.39, 0.29) is 0 Å². The van der Waals surface area contributed by atoms with Crippen molar-refractivity contribution in [1.82, 2.24) is 0 Å². The van der Waals surface area contributed by atoms with E-state index in [1.165, 1.54) is 64.0 Å². The third kappa shape index (κ3) is 3.48. The summed E-state index contributed by atoms with van der Waals surface area (Å²) in [5.74, 6) is 0. The fourth-order valence-electron chi connectivity index (χ4n) is 6.52. The van der Waals surface area contributed by atoms with Gasteiger partial charge in [-0.15, -0.1) is 0 Å². The monoisotopic (exact) mass is 322 g/mol. The minimum Gasteiger partial charge on any atom is -0.388 e. The fourth-order valence-corrected chi connectivity index (χ4v) is 14.2. The molecule has 0 amide bonds. The van der Waals surface area contributed by atoms with Crippen molar-refractivity contribution >= 4 is 8.07 Å². The Labute approximate surface area is 139 Å². The predicted octanol–water partition coefficient (Wildman–Crippen LogP) is 6.62. The van der Waals surface area contributed by atoms with Crippen LogP contribution in [0.4, 0.5) is 0 Å². The molecule has 0 aromatic heterocycles. The molecule has 0 N–H and O–H groups in total. The molecule has 0 aromatic rings. The van der Waals surface area contributed by atoms with Gasteiger partial charge in [-0.3, -0.25) is 0 Å². The fraction of sp³-hybridized carbons (Fsp3) is 1.00. The molecule has 0 radical (unpaired) electrons. The molecule has 0 aromatic carbocycles. The van der Waals surface area contributed by atoms with Gasteiger partial charge in [0.15, 0.2) is 0 Å². The number of hydrogen-bond donors (Lipinski definition) is 0. The van der Waals surface area contributed by atoms with Gasteiger partial charge < -0.3 is 4.74 Å². The Balaban J connectivity index is 1.88. The van der Waals surface area contributed by atoms with Crippen molar-refractivity contribution in [2.75, 3.05) is 13.3 Å². The number of ether oxygens (including phenoxy) is 1. The van der Waals surface area contributed by atoms with Crippen molar-refractivity contribution in [2.24, 2.45) is 0 Å². The molecule has 3 aliphatic rings. The van der Waals surface area contributed by atoms with Crippen LogP contribution in [0.3, 0.4) is 0 Å². The minimum absolute atomic E-state index is 1.10. The maximum atomic E-state index is 6.03. The number of hydrogen-bond acceptors (Lipinski definition) is 1. The maximum absolute atomic E-state index is 6.03. The van der Waals surface area contributed by atoms with Gasteiger partial charge in [0.25, 0.3) is 0 Å². The Bertz CT molecular complexity index is 266. The van der Waals surface area contributed by atoms with Gasteiger partial charge in [0.2, 0.25) is 0 Å². The molecule has 3 saturated carbocycles. The lowest BCUT2D eigenvalue weighted by atomic mass is 9.98. The SMILES string of the molecule is COC[Si](C1CCCCC1)(C1CCCCC1)C1CCCCC1. The molecule has 128 valence electrons. The van der Waals surface area contributed by atoms with E-state index in [0.29, 0.717) is 0 Å². The van der Waals surface area contributed by atoms with Crippen molar-refractivity contribution in [3.05, 3.63) is 0 Å². The predicted molar refractivity (Wildman–Crippen MR) is 98.1 cm³/mol. The van der Waals surface area contributed by atoms with E-state index in [4.69, 9.17) is 4.74 Å². The topological polar surface area (TPSA) is 9.23 Å². The van der Waals surface area contributed by atoms with Crippen LogP contribution in [0.2, 0.25) is 16.6 Å². The average Bonchev–Trinajstić information content (AvgIpc) is 2.62. The number of methoxy groups -OCH3 is 1. The molecule has 1 nitrogen and oxygen atoms in total. The van der Waals surface area contributed by atoms with E-state index in [1.54, 1.807) is 38.5 Å². The Morgan fingerprint density at radius 3 is 1.18 bits per heavy atom. The van der Waals surface area contributed by atoms with E-state index in [0.717, 1.165) is 16.6 Å². The molecule has 0 saturated heterocycles. The minimum atomic E-state index is -1.32. The summed E-state index contributed by atoms with van der Waals surface area (Å²) in [6.45, 7) is 0. The Hall–Kier alpha value is 0.177. The normalized spacial score (nSPS) is 27.1. The molecule has 0 heterocycles. The highest BCUT2D eigenvalue weighted by Crippen LogP contribution is 2.56. The second-order valence-electron chi connectivity index (χ2n) is 8.55. The van der Waals surface area contributed by atoms with Gasteiger partial charge in [-0.2, -0.15) is 0 Å². The molecule has 22 heavy (non-hydrogen) atoms. The maximum Gasteiger partial charge on any atom is 0.0928 e. The van der Waals surface area contributed by atoms with E-state index in [2.05, 4.69) is 0 Å². The third-order valence-corrected chi connectivity index (χ3v) is 14.6. The van der Waals surface area contributed by atoms with Gasteiger partial charge in [0.1, 0.15) is 0 Å². The van der Waals surface area contributed by atoms with E-state index < -0.39 is 8.07 Å². The molecule has 3 fully saturated rings. The molecule has 2 heteroatoms. The Kier molecular flexibility index (Phi) is 6.44. The van der Waals surface area contributed by atoms with Gasteiger partial charge in [-0.25, -0.2) is 0 Å². The third-order valence-electron chi connectivity index (χ3n) is 7.49. The summed E-state index contributed by atoms with van der Waals surface area (Å²) >= 11 is 0. The molecular weight excluding hydrogens is 284 g/mol. The second-order valence-corrected chi connectivity index (χ2v) is 13.5. The summed E-state index contributed by atoms with van der Waals surface area (Å²) < 4.78 is 6.03. The van der Waals surface area contributed by atoms with Gasteiger partial charge in [-0.05, 0) is 16.6 Å². The first kappa shape index (κ1) is 17.0. The van der Waals surface area contributed by atoms with Gasteiger partial charge in [-0.1, -0.05) is 96.3 Å². The van der Waals surface area contributed by atoms with Crippen LogP contribution in [0, 0.1) is 0 Å². The van der Waals surface area contributed by atoms with Crippen LogP contribution in [0.25, 0.3) is 0 Å². The zero-order valence-corrected chi connectivity index (χ0v) is 16.0. The quantitative estimate of drug-likeness (QED) is 0.516. The first-order chi connectivity index (χ1) is 10.9. The molecule has 3 rings (SSSR count). The largest absolute Gasteiger partial charge is 0.388 e. The van der Waals surface area contributed by atoms with Crippen LogP contribution in [-0.4, -0.2) is 21.4 Å². The molecule has 0 unspecified atom stereocenters. The van der Waals surface area contributed by atoms with Gasteiger partial charge >= 0.3 is 0 Å². The summed E-state index contributed by atoms with van der Waals surface area (Å²) in [6, 6.07) is 0. The van der Waals surface area contributed by atoms with Crippen LogP contribution < -0.4 is 0 Å². The van der Waals surface area contributed by atoms with Crippen LogP contribution in [0.15, 0.2) is 0 Å². The molecule has 0 bridgehead atoms.